The molecule has 2 saturated heterocycles. The second-order valence-electron chi connectivity index (χ2n) is 6.04. The van der Waals surface area contributed by atoms with Gasteiger partial charge in [0, 0.05) is 24.3 Å². The average Bonchev–Trinajstić information content (AvgIpc) is 3.17. The highest BCUT2D eigenvalue weighted by Gasteiger charge is 2.36. The number of aromatic nitrogens is 4. The van der Waals surface area contributed by atoms with E-state index in [2.05, 4.69) is 50.9 Å². The standard InChI is InChI=1S/C15H20N6/c1-11-9-12(4-5-14(11)21-10-16-18-19-21)17-13-6-8-20-7-2-3-15(13)20/h4-5,9-10,13,15,17H,2-3,6-8H2,1H3. The van der Waals surface area contributed by atoms with Crippen LogP contribution in [0.25, 0.3) is 5.69 Å². The largest absolute Gasteiger partial charge is 0.381 e. The number of tetrazole rings is 1. The van der Waals surface area contributed by atoms with Crippen LogP contribution in [-0.4, -0.2) is 50.3 Å². The zero-order chi connectivity index (χ0) is 14.2. The van der Waals surface area contributed by atoms with Gasteiger partial charge in [0.1, 0.15) is 6.33 Å². The lowest BCUT2D eigenvalue weighted by molar-refractivity contribution is 0.318. The molecule has 4 rings (SSSR count). The van der Waals surface area contributed by atoms with Crippen molar-refractivity contribution in [2.45, 2.75) is 38.3 Å². The second kappa shape index (κ2) is 5.11. The minimum atomic E-state index is 0.589. The van der Waals surface area contributed by atoms with Gasteiger partial charge in [0.2, 0.25) is 0 Å². The summed E-state index contributed by atoms with van der Waals surface area (Å²) in [7, 11) is 0. The quantitative estimate of drug-likeness (QED) is 0.928. The fourth-order valence-corrected chi connectivity index (χ4v) is 3.74. The molecule has 2 aliphatic rings. The second-order valence-corrected chi connectivity index (χ2v) is 6.04. The van der Waals surface area contributed by atoms with Gasteiger partial charge in [-0.15, -0.1) is 5.10 Å². The molecule has 1 N–H and O–H groups in total. The molecule has 0 radical (unpaired) electrons. The number of anilines is 1. The lowest BCUT2D eigenvalue weighted by atomic mass is 10.1. The van der Waals surface area contributed by atoms with Crippen molar-refractivity contribution in [1.29, 1.82) is 0 Å². The molecule has 2 fully saturated rings. The Hall–Kier alpha value is -1.95. The number of aryl methyl sites for hydroxylation is 1. The van der Waals surface area contributed by atoms with Gasteiger partial charge in [-0.2, -0.15) is 0 Å². The van der Waals surface area contributed by atoms with Crippen LogP contribution in [0.15, 0.2) is 24.5 Å². The first-order chi connectivity index (χ1) is 10.3. The van der Waals surface area contributed by atoms with Gasteiger partial charge in [0.15, 0.2) is 0 Å². The maximum atomic E-state index is 3.95. The van der Waals surface area contributed by atoms with Gasteiger partial charge < -0.3 is 5.32 Å². The third-order valence-electron chi connectivity index (χ3n) is 4.75. The number of benzene rings is 1. The molecule has 1 aromatic carbocycles. The molecule has 0 aliphatic carbocycles. The van der Waals surface area contributed by atoms with Crippen molar-refractivity contribution in [3.05, 3.63) is 30.1 Å². The minimum absolute atomic E-state index is 0.589. The van der Waals surface area contributed by atoms with Crippen LogP contribution in [0.3, 0.4) is 0 Å². The summed E-state index contributed by atoms with van der Waals surface area (Å²) in [5.41, 5.74) is 3.40. The predicted octanol–water partition coefficient (Wildman–Crippen LogP) is 1.62. The smallest absolute Gasteiger partial charge is 0.143 e. The molecule has 3 heterocycles. The highest BCUT2D eigenvalue weighted by molar-refractivity contribution is 5.54. The predicted molar refractivity (Wildman–Crippen MR) is 80.5 cm³/mol. The topological polar surface area (TPSA) is 58.9 Å². The van der Waals surface area contributed by atoms with Crippen molar-refractivity contribution in [1.82, 2.24) is 25.1 Å². The first-order valence-electron chi connectivity index (χ1n) is 7.66. The van der Waals surface area contributed by atoms with Gasteiger partial charge in [-0.05, 0) is 66.9 Å². The first kappa shape index (κ1) is 12.8. The Kier molecular flexibility index (Phi) is 3.11. The van der Waals surface area contributed by atoms with Crippen molar-refractivity contribution in [2.24, 2.45) is 0 Å². The van der Waals surface area contributed by atoms with E-state index in [9.17, 15) is 0 Å². The van der Waals surface area contributed by atoms with E-state index in [1.807, 2.05) is 0 Å². The molecule has 0 bridgehead atoms. The molecule has 110 valence electrons. The van der Waals surface area contributed by atoms with Crippen LogP contribution < -0.4 is 5.32 Å². The molecular weight excluding hydrogens is 264 g/mol. The lowest BCUT2D eigenvalue weighted by Gasteiger charge is -2.22. The number of rotatable bonds is 3. The molecule has 6 nitrogen and oxygen atoms in total. The third-order valence-corrected chi connectivity index (χ3v) is 4.75. The van der Waals surface area contributed by atoms with E-state index >= 15 is 0 Å². The highest BCUT2D eigenvalue weighted by Crippen LogP contribution is 2.30. The van der Waals surface area contributed by atoms with Gasteiger partial charge in [-0.1, -0.05) is 0 Å². The average molecular weight is 284 g/mol. The molecule has 0 saturated carbocycles. The van der Waals surface area contributed by atoms with Crippen molar-refractivity contribution in [3.63, 3.8) is 0 Å². The SMILES string of the molecule is Cc1cc(NC2CCN3CCCC23)ccc1-n1cnnn1. The summed E-state index contributed by atoms with van der Waals surface area (Å²) in [5.74, 6) is 0. The molecule has 0 amide bonds. The number of hydrogen-bond donors (Lipinski definition) is 1. The van der Waals surface area contributed by atoms with Crippen molar-refractivity contribution < 1.29 is 0 Å². The molecule has 2 atom stereocenters. The van der Waals surface area contributed by atoms with Crippen molar-refractivity contribution in [2.75, 3.05) is 18.4 Å². The summed E-state index contributed by atoms with van der Waals surface area (Å²) in [6.45, 7) is 4.61. The van der Waals surface area contributed by atoms with E-state index in [1.54, 1.807) is 11.0 Å². The highest BCUT2D eigenvalue weighted by atomic mass is 15.5. The summed E-state index contributed by atoms with van der Waals surface area (Å²) in [4.78, 5) is 2.62. The molecule has 6 heteroatoms. The zero-order valence-corrected chi connectivity index (χ0v) is 12.2. The van der Waals surface area contributed by atoms with Gasteiger partial charge in [-0.25, -0.2) is 4.68 Å². The minimum Gasteiger partial charge on any atom is -0.381 e. The molecular formula is C15H20N6. The monoisotopic (exact) mass is 284 g/mol. The Morgan fingerprint density at radius 3 is 3.00 bits per heavy atom. The Labute approximate surface area is 124 Å². The summed E-state index contributed by atoms with van der Waals surface area (Å²) in [5, 5.41) is 15.1. The fraction of sp³-hybridized carbons (Fsp3) is 0.533. The van der Waals surface area contributed by atoms with Crippen molar-refractivity contribution in [3.8, 4) is 5.69 Å². The van der Waals surface area contributed by atoms with Gasteiger partial charge in [-0.3, -0.25) is 4.90 Å². The Bertz CT molecular complexity index is 623. The first-order valence-corrected chi connectivity index (χ1v) is 7.66. The summed E-state index contributed by atoms with van der Waals surface area (Å²) in [6.07, 6.45) is 5.56. The third kappa shape index (κ3) is 2.29. The molecule has 2 aliphatic heterocycles. The summed E-state index contributed by atoms with van der Waals surface area (Å²) in [6, 6.07) is 7.71. The summed E-state index contributed by atoms with van der Waals surface area (Å²) < 4.78 is 1.70. The fourth-order valence-electron chi connectivity index (χ4n) is 3.74. The normalized spacial score (nSPS) is 25.2. The Morgan fingerprint density at radius 2 is 2.19 bits per heavy atom. The summed E-state index contributed by atoms with van der Waals surface area (Å²) >= 11 is 0. The number of hydrogen-bond acceptors (Lipinski definition) is 5. The Balaban J connectivity index is 1.52. The zero-order valence-electron chi connectivity index (χ0n) is 12.2. The van der Waals surface area contributed by atoms with Gasteiger partial charge in [0.25, 0.3) is 0 Å². The molecule has 2 aromatic rings. The van der Waals surface area contributed by atoms with Crippen LogP contribution in [0, 0.1) is 6.92 Å². The van der Waals surface area contributed by atoms with Gasteiger partial charge >= 0.3 is 0 Å². The van der Waals surface area contributed by atoms with Crippen LogP contribution >= 0.6 is 0 Å². The van der Waals surface area contributed by atoms with E-state index in [4.69, 9.17) is 0 Å². The van der Waals surface area contributed by atoms with Crippen LogP contribution in [0.4, 0.5) is 5.69 Å². The van der Waals surface area contributed by atoms with Gasteiger partial charge in [0.05, 0.1) is 5.69 Å². The van der Waals surface area contributed by atoms with E-state index in [1.165, 1.54) is 43.6 Å². The number of nitrogens with zero attached hydrogens (tertiary/aromatic N) is 5. The lowest BCUT2D eigenvalue weighted by Crippen LogP contribution is -2.33. The van der Waals surface area contributed by atoms with Crippen LogP contribution in [0.2, 0.25) is 0 Å². The maximum absolute atomic E-state index is 3.95. The van der Waals surface area contributed by atoms with E-state index in [-0.39, 0.29) is 0 Å². The van der Waals surface area contributed by atoms with Crippen LogP contribution in [0.5, 0.6) is 0 Å². The number of fused-ring (bicyclic) bond motifs is 1. The van der Waals surface area contributed by atoms with E-state index < -0.39 is 0 Å². The Morgan fingerprint density at radius 1 is 1.24 bits per heavy atom. The number of nitrogens with one attached hydrogen (secondary N) is 1. The van der Waals surface area contributed by atoms with E-state index in [0.717, 1.165) is 11.7 Å². The van der Waals surface area contributed by atoms with Crippen LogP contribution in [-0.2, 0) is 0 Å². The van der Waals surface area contributed by atoms with E-state index in [0.29, 0.717) is 6.04 Å². The molecule has 0 spiro atoms. The maximum Gasteiger partial charge on any atom is 0.143 e. The van der Waals surface area contributed by atoms with Crippen LogP contribution in [0.1, 0.15) is 24.8 Å². The van der Waals surface area contributed by atoms with Crippen molar-refractivity contribution >= 4 is 5.69 Å². The molecule has 1 aromatic heterocycles. The molecule has 21 heavy (non-hydrogen) atoms. The molecule has 2 unspecified atom stereocenters.